The van der Waals surface area contributed by atoms with Crippen molar-refractivity contribution in [1.82, 2.24) is 4.98 Å². The molecule has 0 saturated carbocycles. The molecule has 0 bridgehead atoms. The fourth-order valence-corrected chi connectivity index (χ4v) is 1.64. The van der Waals surface area contributed by atoms with Crippen molar-refractivity contribution < 1.29 is 4.79 Å². The van der Waals surface area contributed by atoms with E-state index in [0.29, 0.717) is 9.08 Å². The number of hydrogen-bond donors (Lipinski definition) is 1. The monoisotopic (exact) mass is 367 g/mol. The van der Waals surface area contributed by atoms with Gasteiger partial charge in [-0.15, -0.1) is 0 Å². The number of ketones is 1. The van der Waals surface area contributed by atoms with Crippen LogP contribution in [0.15, 0.2) is 15.1 Å². The number of alkyl halides is 3. The van der Waals surface area contributed by atoms with E-state index in [0.717, 1.165) is 0 Å². The molecule has 0 radical (unpaired) electrons. The van der Waals surface area contributed by atoms with E-state index in [-0.39, 0.29) is 5.69 Å². The number of carbonyl (C=O) groups is 1. The molecule has 13 heavy (non-hydrogen) atoms. The van der Waals surface area contributed by atoms with Crippen LogP contribution in [0.3, 0.4) is 0 Å². The normalized spacial score (nSPS) is 11.8. The standard InChI is InChI=1S/C6H2Br2Cl3NO/c7-2-1-3(12-5(2)8)4(13)6(9,10)11/h1,12H. The lowest BCUT2D eigenvalue weighted by molar-refractivity contribution is 0.0992. The first kappa shape index (κ1) is 11.9. The molecule has 72 valence electrons. The van der Waals surface area contributed by atoms with Gasteiger partial charge in [-0.3, -0.25) is 4.79 Å². The van der Waals surface area contributed by atoms with Gasteiger partial charge in [-0.2, -0.15) is 0 Å². The number of rotatable bonds is 1. The summed E-state index contributed by atoms with van der Waals surface area (Å²) < 4.78 is -0.598. The van der Waals surface area contributed by atoms with Crippen LogP contribution in [0.1, 0.15) is 10.5 Å². The van der Waals surface area contributed by atoms with E-state index in [9.17, 15) is 4.79 Å². The minimum atomic E-state index is -1.93. The second kappa shape index (κ2) is 4.11. The molecular weight excluding hydrogens is 368 g/mol. The van der Waals surface area contributed by atoms with Gasteiger partial charge in [0.15, 0.2) is 0 Å². The summed E-state index contributed by atoms with van der Waals surface area (Å²) in [5, 5.41) is 0. The summed E-state index contributed by atoms with van der Waals surface area (Å²) in [7, 11) is 0. The van der Waals surface area contributed by atoms with Crippen LogP contribution in [0.2, 0.25) is 0 Å². The molecule has 1 rings (SSSR count). The predicted molar refractivity (Wildman–Crippen MR) is 60.8 cm³/mol. The van der Waals surface area contributed by atoms with Crippen molar-refractivity contribution in [3.8, 4) is 0 Å². The van der Waals surface area contributed by atoms with Gasteiger partial charge in [0.25, 0.3) is 3.79 Å². The molecule has 7 heteroatoms. The highest BCUT2D eigenvalue weighted by atomic mass is 79.9. The highest BCUT2D eigenvalue weighted by Gasteiger charge is 2.32. The first-order valence-electron chi connectivity index (χ1n) is 2.98. The summed E-state index contributed by atoms with van der Waals surface area (Å²) in [6.07, 6.45) is 0. The van der Waals surface area contributed by atoms with Gasteiger partial charge in [-0.25, -0.2) is 0 Å². The van der Waals surface area contributed by atoms with Crippen LogP contribution >= 0.6 is 66.7 Å². The minimum absolute atomic E-state index is 0.235. The average Bonchev–Trinajstić information content (AvgIpc) is 2.29. The zero-order chi connectivity index (χ0) is 10.2. The van der Waals surface area contributed by atoms with Gasteiger partial charge >= 0.3 is 0 Å². The summed E-state index contributed by atoms with van der Waals surface area (Å²) >= 11 is 22.6. The van der Waals surface area contributed by atoms with E-state index in [1.165, 1.54) is 6.07 Å². The number of hydrogen-bond acceptors (Lipinski definition) is 1. The number of H-pyrrole nitrogens is 1. The van der Waals surface area contributed by atoms with E-state index in [4.69, 9.17) is 34.8 Å². The van der Waals surface area contributed by atoms with Crippen molar-refractivity contribution in [2.24, 2.45) is 0 Å². The zero-order valence-corrected chi connectivity index (χ0v) is 11.3. The van der Waals surface area contributed by atoms with E-state index < -0.39 is 9.58 Å². The maximum atomic E-state index is 11.4. The Labute approximate surface area is 106 Å². The number of halogens is 5. The third-order valence-electron chi connectivity index (χ3n) is 1.23. The van der Waals surface area contributed by atoms with Gasteiger partial charge in [0.2, 0.25) is 5.78 Å². The van der Waals surface area contributed by atoms with Crippen molar-refractivity contribution in [2.45, 2.75) is 3.79 Å². The molecule has 0 atom stereocenters. The third kappa shape index (κ3) is 2.86. The Hall–Kier alpha value is 0.780. The minimum Gasteiger partial charge on any atom is -0.346 e. The van der Waals surface area contributed by atoms with Gasteiger partial charge in [-0.05, 0) is 37.9 Å². The Kier molecular flexibility index (Phi) is 3.74. The number of carbonyl (C=O) groups excluding carboxylic acids is 1. The molecule has 1 aromatic rings. The zero-order valence-electron chi connectivity index (χ0n) is 5.88. The number of nitrogens with one attached hydrogen (secondary N) is 1. The Balaban J connectivity index is 3.03. The third-order valence-corrected chi connectivity index (χ3v) is 3.53. The lowest BCUT2D eigenvalue weighted by Gasteiger charge is -2.06. The average molecular weight is 370 g/mol. The lowest BCUT2D eigenvalue weighted by Crippen LogP contribution is -2.19. The van der Waals surface area contributed by atoms with Crippen LogP contribution in [-0.2, 0) is 0 Å². The van der Waals surface area contributed by atoms with E-state index in [1.807, 2.05) is 0 Å². The van der Waals surface area contributed by atoms with E-state index in [2.05, 4.69) is 36.8 Å². The van der Waals surface area contributed by atoms with E-state index in [1.54, 1.807) is 0 Å². The van der Waals surface area contributed by atoms with Crippen molar-refractivity contribution in [1.29, 1.82) is 0 Å². The van der Waals surface area contributed by atoms with Crippen LogP contribution < -0.4 is 0 Å². The summed E-state index contributed by atoms with van der Waals surface area (Å²) in [6.45, 7) is 0. The molecule has 2 nitrogen and oxygen atoms in total. The van der Waals surface area contributed by atoms with Gasteiger partial charge in [0.1, 0.15) is 0 Å². The fraction of sp³-hybridized carbons (Fsp3) is 0.167. The van der Waals surface area contributed by atoms with Gasteiger partial charge < -0.3 is 4.98 Å². The van der Waals surface area contributed by atoms with Gasteiger partial charge in [0.05, 0.1) is 14.8 Å². The lowest BCUT2D eigenvalue weighted by atomic mass is 10.3. The Morgan fingerprint density at radius 3 is 2.23 bits per heavy atom. The number of Topliss-reactive ketones (excluding diaryl/α,β-unsaturated/α-hetero) is 1. The van der Waals surface area contributed by atoms with Gasteiger partial charge in [-0.1, -0.05) is 34.8 Å². The van der Waals surface area contributed by atoms with Crippen LogP contribution in [-0.4, -0.2) is 14.6 Å². The van der Waals surface area contributed by atoms with Crippen molar-refractivity contribution in [3.05, 3.63) is 20.8 Å². The van der Waals surface area contributed by atoms with Crippen molar-refractivity contribution >= 4 is 72.4 Å². The topological polar surface area (TPSA) is 32.9 Å². The first-order chi connectivity index (χ1) is 5.82. The Morgan fingerprint density at radius 1 is 1.38 bits per heavy atom. The number of aromatic nitrogens is 1. The Morgan fingerprint density at radius 2 is 1.92 bits per heavy atom. The molecular formula is C6H2Br2Cl3NO. The van der Waals surface area contributed by atoms with Crippen LogP contribution in [0.25, 0.3) is 0 Å². The second-order valence-corrected chi connectivity index (χ2v) is 6.10. The molecule has 1 N–H and O–H groups in total. The molecule has 0 aromatic carbocycles. The highest BCUT2D eigenvalue weighted by Crippen LogP contribution is 2.32. The van der Waals surface area contributed by atoms with Crippen LogP contribution in [0.4, 0.5) is 0 Å². The summed E-state index contributed by atoms with van der Waals surface area (Å²) in [4.78, 5) is 14.1. The summed E-state index contributed by atoms with van der Waals surface area (Å²) in [5.41, 5.74) is 0.235. The smallest absolute Gasteiger partial charge is 0.254 e. The van der Waals surface area contributed by atoms with Crippen LogP contribution in [0.5, 0.6) is 0 Å². The maximum absolute atomic E-state index is 11.4. The molecule has 0 amide bonds. The molecule has 1 heterocycles. The molecule has 1 aromatic heterocycles. The molecule has 0 aliphatic rings. The first-order valence-corrected chi connectivity index (χ1v) is 5.70. The van der Waals surface area contributed by atoms with Crippen molar-refractivity contribution in [3.63, 3.8) is 0 Å². The highest BCUT2D eigenvalue weighted by molar-refractivity contribution is 9.13. The fourth-order valence-electron chi connectivity index (χ4n) is 0.679. The molecule has 0 aliphatic heterocycles. The summed E-state index contributed by atoms with van der Waals surface area (Å²) in [5.74, 6) is -0.594. The SMILES string of the molecule is O=C(c1cc(Br)c(Br)[nH]1)C(Cl)(Cl)Cl. The quantitative estimate of drug-likeness (QED) is 0.586. The molecule has 0 aliphatic carbocycles. The summed E-state index contributed by atoms with van der Waals surface area (Å²) in [6, 6.07) is 1.54. The molecule has 0 saturated heterocycles. The largest absolute Gasteiger partial charge is 0.346 e. The van der Waals surface area contributed by atoms with Crippen molar-refractivity contribution in [2.75, 3.05) is 0 Å². The number of aromatic amines is 1. The molecule has 0 unspecified atom stereocenters. The predicted octanol–water partition coefficient (Wildman–Crippen LogP) is 4.09. The van der Waals surface area contributed by atoms with E-state index >= 15 is 0 Å². The Bertz CT molecular complexity index is 325. The van der Waals surface area contributed by atoms with Crippen LogP contribution in [0, 0.1) is 0 Å². The van der Waals surface area contributed by atoms with Gasteiger partial charge in [0, 0.05) is 0 Å². The molecule has 0 fully saturated rings. The second-order valence-electron chi connectivity index (χ2n) is 2.17. The maximum Gasteiger partial charge on any atom is 0.254 e. The molecule has 0 spiro atoms.